The first kappa shape index (κ1) is 9.03. The Morgan fingerprint density at radius 1 is 1.25 bits per heavy atom. The zero-order valence-corrected chi connectivity index (χ0v) is 8.71. The lowest BCUT2D eigenvalue weighted by molar-refractivity contribution is 0.472. The molecule has 0 aliphatic carbocycles. The average molecular weight is 214 g/mol. The van der Waals surface area contributed by atoms with Crippen molar-refractivity contribution in [1.82, 2.24) is 9.38 Å². The second-order valence-electron chi connectivity index (χ2n) is 3.67. The van der Waals surface area contributed by atoms with Gasteiger partial charge in [-0.2, -0.15) is 0 Å². The number of imidazole rings is 1. The standard InChI is InChI=1S/C12H10N2O2/c1-8-2-5-11(16-8)12-13-6-9-3-4-10(15)7-14(9)12/h2-7,15H,1H3. The Labute approximate surface area is 91.8 Å². The lowest BCUT2D eigenvalue weighted by atomic mass is 10.4. The molecule has 0 spiro atoms. The summed E-state index contributed by atoms with van der Waals surface area (Å²) in [6.07, 6.45) is 3.36. The molecular weight excluding hydrogens is 204 g/mol. The molecule has 0 saturated heterocycles. The number of fused-ring (bicyclic) bond motifs is 1. The van der Waals surface area contributed by atoms with Gasteiger partial charge in [-0.25, -0.2) is 4.98 Å². The van der Waals surface area contributed by atoms with Gasteiger partial charge in [0.15, 0.2) is 11.6 Å². The largest absolute Gasteiger partial charge is 0.506 e. The van der Waals surface area contributed by atoms with Gasteiger partial charge in [0, 0.05) is 0 Å². The summed E-state index contributed by atoms with van der Waals surface area (Å²) < 4.78 is 7.31. The molecule has 3 heterocycles. The minimum absolute atomic E-state index is 0.204. The molecule has 0 radical (unpaired) electrons. The third-order valence-corrected chi connectivity index (χ3v) is 2.47. The van der Waals surface area contributed by atoms with Gasteiger partial charge in [-0.15, -0.1) is 0 Å². The van der Waals surface area contributed by atoms with Gasteiger partial charge < -0.3 is 9.52 Å². The minimum Gasteiger partial charge on any atom is -0.506 e. The normalized spacial score (nSPS) is 11.1. The second kappa shape index (κ2) is 3.13. The number of pyridine rings is 1. The number of furan rings is 1. The van der Waals surface area contributed by atoms with Gasteiger partial charge in [0.2, 0.25) is 0 Å². The van der Waals surface area contributed by atoms with E-state index in [4.69, 9.17) is 4.42 Å². The van der Waals surface area contributed by atoms with E-state index < -0.39 is 0 Å². The third-order valence-electron chi connectivity index (χ3n) is 2.47. The van der Waals surface area contributed by atoms with Gasteiger partial charge in [-0.3, -0.25) is 4.40 Å². The van der Waals surface area contributed by atoms with Crippen molar-refractivity contribution in [2.45, 2.75) is 6.92 Å². The molecule has 0 saturated carbocycles. The number of rotatable bonds is 1. The van der Waals surface area contributed by atoms with E-state index in [1.165, 1.54) is 0 Å². The highest BCUT2D eigenvalue weighted by molar-refractivity contribution is 5.59. The molecule has 1 N–H and O–H groups in total. The summed E-state index contributed by atoms with van der Waals surface area (Å²) in [6, 6.07) is 7.20. The highest BCUT2D eigenvalue weighted by Crippen LogP contribution is 2.23. The molecule has 0 fully saturated rings. The van der Waals surface area contributed by atoms with Crippen LogP contribution in [0, 0.1) is 6.92 Å². The van der Waals surface area contributed by atoms with E-state index in [1.54, 1.807) is 22.9 Å². The maximum atomic E-state index is 9.45. The van der Waals surface area contributed by atoms with Gasteiger partial charge in [-0.05, 0) is 31.2 Å². The highest BCUT2D eigenvalue weighted by atomic mass is 16.3. The van der Waals surface area contributed by atoms with Gasteiger partial charge in [0.25, 0.3) is 0 Å². The smallest absolute Gasteiger partial charge is 0.180 e. The first-order chi connectivity index (χ1) is 7.74. The Hall–Kier alpha value is -2.23. The maximum absolute atomic E-state index is 9.45. The second-order valence-corrected chi connectivity index (χ2v) is 3.67. The van der Waals surface area contributed by atoms with Crippen molar-refractivity contribution in [3.05, 3.63) is 42.4 Å². The Bertz CT molecular complexity index is 652. The van der Waals surface area contributed by atoms with Crippen molar-refractivity contribution in [3.8, 4) is 17.3 Å². The molecule has 4 heteroatoms. The van der Waals surface area contributed by atoms with Crippen molar-refractivity contribution in [3.63, 3.8) is 0 Å². The monoisotopic (exact) mass is 214 g/mol. The lowest BCUT2D eigenvalue weighted by Gasteiger charge is -1.98. The van der Waals surface area contributed by atoms with E-state index in [0.717, 1.165) is 11.3 Å². The number of aryl methyl sites for hydroxylation is 1. The maximum Gasteiger partial charge on any atom is 0.180 e. The van der Waals surface area contributed by atoms with Crippen molar-refractivity contribution < 1.29 is 9.52 Å². The first-order valence-corrected chi connectivity index (χ1v) is 4.97. The minimum atomic E-state index is 0.204. The Balaban J connectivity index is 2.27. The zero-order valence-electron chi connectivity index (χ0n) is 8.71. The van der Waals surface area contributed by atoms with Crippen LogP contribution in [0.4, 0.5) is 0 Å². The molecule has 0 unspecified atom stereocenters. The molecular formula is C12H10N2O2. The van der Waals surface area contributed by atoms with Crippen LogP contribution in [0.25, 0.3) is 17.1 Å². The summed E-state index contributed by atoms with van der Waals surface area (Å²) in [7, 11) is 0. The topological polar surface area (TPSA) is 50.7 Å². The average Bonchev–Trinajstić information content (AvgIpc) is 2.83. The molecule has 0 aliphatic rings. The molecule has 0 aromatic carbocycles. The van der Waals surface area contributed by atoms with Crippen LogP contribution in [0.5, 0.6) is 5.75 Å². The van der Waals surface area contributed by atoms with E-state index in [-0.39, 0.29) is 5.75 Å². The van der Waals surface area contributed by atoms with E-state index in [2.05, 4.69) is 4.98 Å². The Kier molecular flexibility index (Phi) is 1.77. The quantitative estimate of drug-likeness (QED) is 0.677. The molecule has 3 aromatic heterocycles. The summed E-state index contributed by atoms with van der Waals surface area (Å²) in [5.41, 5.74) is 0.918. The van der Waals surface area contributed by atoms with Crippen LogP contribution in [0.2, 0.25) is 0 Å². The van der Waals surface area contributed by atoms with Crippen LogP contribution in [0.15, 0.2) is 41.1 Å². The van der Waals surface area contributed by atoms with Crippen LogP contribution in [-0.2, 0) is 0 Å². The molecule has 0 amide bonds. The Morgan fingerprint density at radius 2 is 2.12 bits per heavy atom. The third kappa shape index (κ3) is 1.27. The predicted octanol–water partition coefficient (Wildman–Crippen LogP) is 2.61. The molecule has 0 bridgehead atoms. The van der Waals surface area contributed by atoms with Crippen LogP contribution in [-0.4, -0.2) is 14.5 Å². The summed E-state index contributed by atoms with van der Waals surface area (Å²) >= 11 is 0. The van der Waals surface area contributed by atoms with Gasteiger partial charge in [0.05, 0.1) is 17.9 Å². The van der Waals surface area contributed by atoms with Crippen molar-refractivity contribution in [1.29, 1.82) is 0 Å². The van der Waals surface area contributed by atoms with Crippen LogP contribution >= 0.6 is 0 Å². The van der Waals surface area contributed by atoms with E-state index >= 15 is 0 Å². The van der Waals surface area contributed by atoms with Gasteiger partial charge in [-0.1, -0.05) is 0 Å². The van der Waals surface area contributed by atoms with Crippen LogP contribution < -0.4 is 0 Å². The van der Waals surface area contributed by atoms with Crippen LogP contribution in [0.1, 0.15) is 5.76 Å². The Morgan fingerprint density at radius 3 is 2.88 bits per heavy atom. The fraction of sp³-hybridized carbons (Fsp3) is 0.0833. The van der Waals surface area contributed by atoms with Crippen molar-refractivity contribution in [2.75, 3.05) is 0 Å². The van der Waals surface area contributed by atoms with Crippen LogP contribution in [0.3, 0.4) is 0 Å². The summed E-state index contributed by atoms with van der Waals surface area (Å²) in [4.78, 5) is 4.28. The van der Waals surface area contributed by atoms with E-state index in [1.807, 2.05) is 25.1 Å². The van der Waals surface area contributed by atoms with E-state index in [9.17, 15) is 5.11 Å². The van der Waals surface area contributed by atoms with Gasteiger partial charge >= 0.3 is 0 Å². The van der Waals surface area contributed by atoms with E-state index in [0.29, 0.717) is 11.6 Å². The number of aromatic hydroxyl groups is 1. The lowest BCUT2D eigenvalue weighted by Crippen LogP contribution is -1.87. The number of hydrogen-bond acceptors (Lipinski definition) is 3. The molecule has 3 rings (SSSR count). The number of hydrogen-bond donors (Lipinski definition) is 1. The summed E-state index contributed by atoms with van der Waals surface area (Å²) in [6.45, 7) is 1.89. The SMILES string of the molecule is Cc1ccc(-c2ncc3ccc(O)cn23)o1. The molecule has 3 aromatic rings. The molecule has 16 heavy (non-hydrogen) atoms. The predicted molar refractivity (Wildman–Crippen MR) is 59.3 cm³/mol. The molecule has 0 aliphatic heterocycles. The summed E-state index contributed by atoms with van der Waals surface area (Å²) in [5.74, 6) is 2.43. The highest BCUT2D eigenvalue weighted by Gasteiger charge is 2.09. The zero-order chi connectivity index (χ0) is 11.1. The first-order valence-electron chi connectivity index (χ1n) is 4.97. The van der Waals surface area contributed by atoms with Crippen molar-refractivity contribution in [2.24, 2.45) is 0 Å². The van der Waals surface area contributed by atoms with Crippen molar-refractivity contribution >= 4 is 5.52 Å². The fourth-order valence-electron chi connectivity index (χ4n) is 1.72. The number of nitrogens with zero attached hydrogens (tertiary/aromatic N) is 2. The molecule has 80 valence electrons. The molecule has 0 atom stereocenters. The molecule has 4 nitrogen and oxygen atoms in total. The number of aromatic nitrogens is 2. The fourth-order valence-corrected chi connectivity index (χ4v) is 1.72. The van der Waals surface area contributed by atoms with Gasteiger partial charge in [0.1, 0.15) is 11.5 Å². The summed E-state index contributed by atoms with van der Waals surface area (Å²) in [5, 5.41) is 9.45.